The van der Waals surface area contributed by atoms with Gasteiger partial charge < -0.3 is 9.30 Å². The number of benzene rings is 2. The Labute approximate surface area is 214 Å². The number of aryl methyl sites for hydroxylation is 1. The number of carbonyl (C=O) groups excluding carboxylic acids is 1. The molecular formula is C25H27N5O4S2. The molecule has 0 aliphatic heterocycles. The molecule has 2 aromatic carbocycles. The van der Waals surface area contributed by atoms with Crippen molar-refractivity contribution >= 4 is 37.5 Å². The Bertz CT molecular complexity index is 1460. The second kappa shape index (κ2) is 12.5. The van der Waals surface area contributed by atoms with Crippen LogP contribution in [0.1, 0.15) is 43.5 Å². The molecule has 0 atom stereocenters. The molecular weight excluding hydrogens is 498 g/mol. The molecule has 11 heteroatoms. The quantitative estimate of drug-likeness (QED) is 0.371. The summed E-state index contributed by atoms with van der Waals surface area (Å²) in [7, 11) is -3.91. The molecule has 1 heterocycles. The number of ether oxygens (including phenoxy) is 1. The van der Waals surface area contributed by atoms with E-state index in [1.165, 1.54) is 35.6 Å². The van der Waals surface area contributed by atoms with Gasteiger partial charge in [0.1, 0.15) is 5.75 Å². The van der Waals surface area contributed by atoms with Gasteiger partial charge in [0.05, 0.1) is 33.9 Å². The molecule has 36 heavy (non-hydrogen) atoms. The molecule has 1 amide bonds. The molecule has 0 aliphatic carbocycles. The van der Waals surface area contributed by atoms with Crippen molar-refractivity contribution in [3.05, 3.63) is 52.8 Å². The lowest BCUT2D eigenvalue weighted by Gasteiger charge is -2.20. The van der Waals surface area contributed by atoms with E-state index >= 15 is 0 Å². The highest BCUT2D eigenvalue weighted by atomic mass is 32.2. The second-order valence-corrected chi connectivity index (χ2v) is 10.7. The van der Waals surface area contributed by atoms with Gasteiger partial charge in [0.15, 0.2) is 4.80 Å². The van der Waals surface area contributed by atoms with Gasteiger partial charge in [-0.1, -0.05) is 18.3 Å². The minimum absolute atomic E-state index is 0.00902. The van der Waals surface area contributed by atoms with Crippen LogP contribution < -0.4 is 9.54 Å². The zero-order valence-electron chi connectivity index (χ0n) is 20.2. The highest BCUT2D eigenvalue weighted by Gasteiger charge is 2.24. The van der Waals surface area contributed by atoms with Crippen molar-refractivity contribution < 1.29 is 17.9 Å². The first-order chi connectivity index (χ1) is 17.3. The summed E-state index contributed by atoms with van der Waals surface area (Å²) in [5, 5.41) is 17.7. The van der Waals surface area contributed by atoms with E-state index in [0.29, 0.717) is 18.0 Å². The first-order valence-corrected chi connectivity index (χ1v) is 13.8. The molecule has 0 spiro atoms. The van der Waals surface area contributed by atoms with Crippen LogP contribution in [0.4, 0.5) is 0 Å². The number of amides is 1. The number of nitriles is 2. The van der Waals surface area contributed by atoms with Crippen LogP contribution in [-0.2, 0) is 16.6 Å². The molecule has 0 aliphatic rings. The average Bonchev–Trinajstić information content (AvgIpc) is 3.20. The minimum atomic E-state index is -3.91. The highest BCUT2D eigenvalue weighted by molar-refractivity contribution is 7.89. The van der Waals surface area contributed by atoms with Gasteiger partial charge in [-0.05, 0) is 55.8 Å². The predicted octanol–water partition coefficient (Wildman–Crippen LogP) is 4.07. The number of hydrogen-bond acceptors (Lipinski definition) is 7. The van der Waals surface area contributed by atoms with Gasteiger partial charge in [0, 0.05) is 38.0 Å². The van der Waals surface area contributed by atoms with Crippen LogP contribution in [0.5, 0.6) is 5.75 Å². The maximum atomic E-state index is 13.0. The van der Waals surface area contributed by atoms with E-state index in [-0.39, 0.29) is 36.4 Å². The largest absolute Gasteiger partial charge is 0.494 e. The third kappa shape index (κ3) is 6.18. The van der Waals surface area contributed by atoms with Gasteiger partial charge in [-0.3, -0.25) is 4.79 Å². The maximum absolute atomic E-state index is 13.0. The lowest BCUT2D eigenvalue weighted by molar-refractivity contribution is 0.0997. The Morgan fingerprint density at radius 3 is 2.33 bits per heavy atom. The van der Waals surface area contributed by atoms with Crippen molar-refractivity contribution in [2.24, 2.45) is 4.99 Å². The van der Waals surface area contributed by atoms with Crippen molar-refractivity contribution in [1.82, 2.24) is 8.87 Å². The van der Waals surface area contributed by atoms with E-state index < -0.39 is 15.9 Å². The first kappa shape index (κ1) is 27.1. The number of thiazole rings is 1. The normalized spacial score (nSPS) is 12.0. The Morgan fingerprint density at radius 1 is 1.08 bits per heavy atom. The summed E-state index contributed by atoms with van der Waals surface area (Å²) in [6.07, 6.45) is 0.888. The molecule has 0 fully saturated rings. The maximum Gasteiger partial charge on any atom is 0.279 e. The average molecular weight is 526 g/mol. The summed E-state index contributed by atoms with van der Waals surface area (Å²) in [5.41, 5.74) is 1.22. The van der Waals surface area contributed by atoms with Gasteiger partial charge in [-0.25, -0.2) is 8.42 Å². The van der Waals surface area contributed by atoms with E-state index in [0.717, 1.165) is 26.7 Å². The van der Waals surface area contributed by atoms with E-state index in [9.17, 15) is 13.2 Å². The molecule has 3 aromatic rings. The van der Waals surface area contributed by atoms with Crippen molar-refractivity contribution in [2.45, 2.75) is 44.6 Å². The fourth-order valence-electron chi connectivity index (χ4n) is 3.61. The number of fused-ring (bicyclic) bond motifs is 1. The smallest absolute Gasteiger partial charge is 0.279 e. The van der Waals surface area contributed by atoms with Gasteiger partial charge in [0.2, 0.25) is 10.0 Å². The monoisotopic (exact) mass is 525 g/mol. The summed E-state index contributed by atoms with van der Waals surface area (Å²) in [5.74, 6) is 0.273. The zero-order chi connectivity index (χ0) is 26.1. The van der Waals surface area contributed by atoms with Crippen LogP contribution >= 0.6 is 11.3 Å². The summed E-state index contributed by atoms with van der Waals surface area (Å²) < 4.78 is 35.6. The molecule has 3 rings (SSSR count). The van der Waals surface area contributed by atoms with Gasteiger partial charge in [-0.2, -0.15) is 19.8 Å². The lowest BCUT2D eigenvalue weighted by atomic mass is 10.2. The molecule has 0 bridgehead atoms. The molecule has 0 radical (unpaired) electrons. The van der Waals surface area contributed by atoms with E-state index in [4.69, 9.17) is 15.3 Å². The predicted molar refractivity (Wildman–Crippen MR) is 137 cm³/mol. The van der Waals surface area contributed by atoms with Crippen LogP contribution in [0.2, 0.25) is 0 Å². The summed E-state index contributed by atoms with van der Waals surface area (Å²) >= 11 is 1.39. The lowest BCUT2D eigenvalue weighted by Crippen LogP contribution is -2.32. The SMILES string of the molecule is CCCn1c(=NC(=O)c2ccc(S(=O)(=O)N(CCC#N)CCC#N)cc2)sc2cc(OCC)ccc21. The van der Waals surface area contributed by atoms with Crippen molar-refractivity contribution in [2.75, 3.05) is 19.7 Å². The molecule has 1 aromatic heterocycles. The van der Waals surface area contributed by atoms with E-state index in [1.54, 1.807) is 0 Å². The Hall–Kier alpha value is -3.51. The number of aromatic nitrogens is 1. The van der Waals surface area contributed by atoms with Crippen molar-refractivity contribution in [3.8, 4) is 17.9 Å². The van der Waals surface area contributed by atoms with E-state index in [1.807, 2.05) is 48.8 Å². The van der Waals surface area contributed by atoms with Crippen LogP contribution in [-0.4, -0.2) is 42.9 Å². The number of carbonyl (C=O) groups is 1. The third-order valence-electron chi connectivity index (χ3n) is 5.29. The number of rotatable bonds is 11. The highest BCUT2D eigenvalue weighted by Crippen LogP contribution is 2.24. The van der Waals surface area contributed by atoms with Crippen LogP contribution in [0, 0.1) is 22.7 Å². The molecule has 9 nitrogen and oxygen atoms in total. The van der Waals surface area contributed by atoms with Gasteiger partial charge >= 0.3 is 0 Å². The molecule has 0 N–H and O–H groups in total. The van der Waals surface area contributed by atoms with Gasteiger partial charge in [-0.15, -0.1) is 0 Å². The van der Waals surface area contributed by atoms with Gasteiger partial charge in [0.25, 0.3) is 5.91 Å². The Kier molecular flexibility index (Phi) is 9.37. The zero-order valence-corrected chi connectivity index (χ0v) is 21.8. The van der Waals surface area contributed by atoms with Crippen LogP contribution in [0.25, 0.3) is 10.2 Å². The van der Waals surface area contributed by atoms with Crippen molar-refractivity contribution in [1.29, 1.82) is 10.5 Å². The molecule has 0 unspecified atom stereocenters. The van der Waals surface area contributed by atoms with Crippen LogP contribution in [0.15, 0.2) is 52.4 Å². The number of nitrogens with zero attached hydrogens (tertiary/aromatic N) is 5. The van der Waals surface area contributed by atoms with Crippen molar-refractivity contribution in [3.63, 3.8) is 0 Å². The topological polar surface area (TPSA) is 129 Å². The van der Waals surface area contributed by atoms with Crippen LogP contribution in [0.3, 0.4) is 0 Å². The fraction of sp³-hybridized carbons (Fsp3) is 0.360. The molecule has 0 saturated heterocycles. The fourth-order valence-corrected chi connectivity index (χ4v) is 6.13. The first-order valence-electron chi connectivity index (χ1n) is 11.5. The summed E-state index contributed by atoms with van der Waals surface area (Å²) in [6, 6.07) is 15.2. The Morgan fingerprint density at radius 2 is 1.75 bits per heavy atom. The number of hydrogen-bond donors (Lipinski definition) is 0. The Balaban J connectivity index is 1.92. The second-order valence-electron chi connectivity index (χ2n) is 7.76. The molecule has 188 valence electrons. The van der Waals surface area contributed by atoms with E-state index in [2.05, 4.69) is 4.99 Å². The number of sulfonamides is 1. The molecule has 0 saturated carbocycles. The third-order valence-corrected chi connectivity index (χ3v) is 8.25. The standard InChI is InChI=1S/C25H27N5O4S2/c1-3-15-30-22-12-9-20(34-4-2)18-23(22)35-25(30)28-24(31)19-7-10-21(11-8-19)36(32,33)29(16-5-13-26)17-6-14-27/h7-12,18H,3-6,15-17H2,1-2H3. The summed E-state index contributed by atoms with van der Waals surface area (Å²) in [4.78, 5) is 17.8. The minimum Gasteiger partial charge on any atom is -0.494 e. The summed E-state index contributed by atoms with van der Waals surface area (Å²) in [6.45, 7) is 5.20.